The first-order valence-electron chi connectivity index (χ1n) is 8.82. The number of aromatic nitrogens is 4. The Hall–Kier alpha value is -2.39. The van der Waals surface area contributed by atoms with Gasteiger partial charge in [-0.2, -0.15) is 4.98 Å². The first-order chi connectivity index (χ1) is 13.2. The fraction of sp³-hybridized carbons (Fsp3) is 0.389. The van der Waals surface area contributed by atoms with E-state index in [9.17, 15) is 18.0 Å². The molecule has 3 aromatic rings. The van der Waals surface area contributed by atoms with Crippen molar-refractivity contribution in [3.8, 4) is 0 Å². The van der Waals surface area contributed by atoms with Gasteiger partial charge in [-0.25, -0.2) is 13.2 Å². The van der Waals surface area contributed by atoms with Crippen LogP contribution in [0.3, 0.4) is 0 Å². The summed E-state index contributed by atoms with van der Waals surface area (Å²) < 4.78 is 29.1. The second-order valence-corrected chi connectivity index (χ2v) is 9.58. The number of halogens is 1. The van der Waals surface area contributed by atoms with E-state index in [4.69, 9.17) is 11.6 Å². The molecule has 4 rings (SSSR count). The number of rotatable bonds is 5. The normalized spacial score (nSPS) is 14.7. The largest absolute Gasteiger partial charge is 0.332 e. The summed E-state index contributed by atoms with van der Waals surface area (Å²) >= 11 is 6.03. The fourth-order valence-electron chi connectivity index (χ4n) is 3.32. The van der Waals surface area contributed by atoms with Gasteiger partial charge < -0.3 is 4.57 Å². The number of hydrogen-bond acceptors (Lipinski definition) is 5. The van der Waals surface area contributed by atoms with Gasteiger partial charge in [0.05, 0.1) is 12.3 Å². The van der Waals surface area contributed by atoms with E-state index in [1.807, 2.05) is 0 Å². The van der Waals surface area contributed by atoms with Gasteiger partial charge in [-0.15, -0.1) is 0 Å². The molecular weight excluding hydrogens is 404 g/mol. The van der Waals surface area contributed by atoms with Crippen molar-refractivity contribution in [2.45, 2.75) is 24.5 Å². The first-order valence-corrected chi connectivity index (χ1v) is 10.9. The van der Waals surface area contributed by atoms with E-state index in [0.29, 0.717) is 5.02 Å². The van der Waals surface area contributed by atoms with Crippen molar-refractivity contribution in [3.05, 3.63) is 55.7 Å². The highest BCUT2D eigenvalue weighted by Crippen LogP contribution is 2.32. The number of benzene rings is 1. The molecule has 0 amide bonds. The molecule has 1 saturated carbocycles. The van der Waals surface area contributed by atoms with Crippen LogP contribution in [0.2, 0.25) is 5.02 Å². The van der Waals surface area contributed by atoms with Crippen LogP contribution in [0, 0.1) is 5.92 Å². The van der Waals surface area contributed by atoms with Gasteiger partial charge in [0.25, 0.3) is 5.56 Å². The second-order valence-electron chi connectivity index (χ2n) is 7.21. The third-order valence-corrected chi connectivity index (χ3v) is 7.04. The Morgan fingerprint density at radius 1 is 1.18 bits per heavy atom. The molecule has 2 aromatic heterocycles. The third-order valence-electron chi connectivity index (χ3n) is 4.98. The molecule has 1 aliphatic carbocycles. The highest BCUT2D eigenvalue weighted by molar-refractivity contribution is 7.91. The van der Waals surface area contributed by atoms with Gasteiger partial charge in [0.1, 0.15) is 0 Å². The number of nitrogens with zero attached hydrogens (tertiary/aromatic N) is 4. The van der Waals surface area contributed by atoms with Gasteiger partial charge in [-0.05, 0) is 36.5 Å². The lowest BCUT2D eigenvalue weighted by molar-refractivity contribution is 0.576. The Balaban J connectivity index is 1.96. The highest BCUT2D eigenvalue weighted by Gasteiger charge is 2.33. The number of fused-ring (bicyclic) bond motifs is 1. The van der Waals surface area contributed by atoms with Gasteiger partial charge >= 0.3 is 5.69 Å². The molecule has 0 spiro atoms. The van der Waals surface area contributed by atoms with Crippen molar-refractivity contribution in [1.29, 1.82) is 0 Å². The minimum atomic E-state index is -3.66. The van der Waals surface area contributed by atoms with Crippen LogP contribution in [-0.4, -0.2) is 32.9 Å². The molecule has 8 nitrogen and oxygen atoms in total. The first kappa shape index (κ1) is 18.9. The third kappa shape index (κ3) is 3.18. The maximum atomic E-state index is 12.8. The monoisotopic (exact) mass is 422 g/mol. The Morgan fingerprint density at radius 2 is 1.89 bits per heavy atom. The molecule has 0 unspecified atom stereocenters. The van der Waals surface area contributed by atoms with Crippen molar-refractivity contribution >= 4 is 32.6 Å². The number of imidazole rings is 1. The SMILES string of the molecule is Cn1c(=O)c2c(nc(S(=O)(=O)CC3CC3)n2C)n(Cc2cccc(Cl)c2)c1=O. The van der Waals surface area contributed by atoms with E-state index in [2.05, 4.69) is 4.98 Å². The molecule has 148 valence electrons. The average molecular weight is 423 g/mol. The molecule has 1 fully saturated rings. The van der Waals surface area contributed by atoms with Crippen LogP contribution in [0.5, 0.6) is 0 Å². The molecule has 28 heavy (non-hydrogen) atoms. The van der Waals surface area contributed by atoms with E-state index < -0.39 is 21.1 Å². The zero-order chi connectivity index (χ0) is 20.2. The smallest absolute Gasteiger partial charge is 0.312 e. The van der Waals surface area contributed by atoms with E-state index in [-0.39, 0.29) is 34.5 Å². The predicted molar refractivity (Wildman–Crippen MR) is 106 cm³/mol. The summed E-state index contributed by atoms with van der Waals surface area (Å²) in [6.07, 6.45) is 1.76. The zero-order valence-corrected chi connectivity index (χ0v) is 17.0. The van der Waals surface area contributed by atoms with Crippen LogP contribution in [-0.2, 0) is 30.5 Å². The summed E-state index contributed by atoms with van der Waals surface area (Å²) in [4.78, 5) is 29.7. The van der Waals surface area contributed by atoms with Crippen molar-refractivity contribution in [1.82, 2.24) is 18.7 Å². The fourth-order valence-corrected chi connectivity index (χ4v) is 5.37. The van der Waals surface area contributed by atoms with Crippen molar-refractivity contribution in [2.75, 3.05) is 5.75 Å². The van der Waals surface area contributed by atoms with Gasteiger partial charge in [-0.1, -0.05) is 23.7 Å². The highest BCUT2D eigenvalue weighted by atomic mass is 35.5. The zero-order valence-electron chi connectivity index (χ0n) is 15.4. The summed E-state index contributed by atoms with van der Waals surface area (Å²) in [5.41, 5.74) is -0.266. The van der Waals surface area contributed by atoms with Crippen LogP contribution in [0.25, 0.3) is 11.2 Å². The quantitative estimate of drug-likeness (QED) is 0.617. The van der Waals surface area contributed by atoms with Gasteiger partial charge in [0, 0.05) is 19.1 Å². The van der Waals surface area contributed by atoms with Crippen molar-refractivity contribution < 1.29 is 8.42 Å². The maximum Gasteiger partial charge on any atom is 0.332 e. The minimum absolute atomic E-state index is 0.00298. The Labute approximate surface area is 165 Å². The van der Waals surface area contributed by atoms with Crippen molar-refractivity contribution in [2.24, 2.45) is 20.0 Å². The minimum Gasteiger partial charge on any atom is -0.312 e. The molecule has 0 saturated heterocycles. The molecule has 1 aromatic carbocycles. The van der Waals surface area contributed by atoms with Crippen LogP contribution < -0.4 is 11.2 Å². The Kier molecular flexibility index (Phi) is 4.46. The lowest BCUT2D eigenvalue weighted by Gasteiger charge is -2.09. The van der Waals surface area contributed by atoms with Crippen molar-refractivity contribution in [3.63, 3.8) is 0 Å². The van der Waals surface area contributed by atoms with Crippen LogP contribution in [0.4, 0.5) is 0 Å². The summed E-state index contributed by atoms with van der Waals surface area (Å²) in [6.45, 7) is 0.114. The lowest BCUT2D eigenvalue weighted by Crippen LogP contribution is -2.38. The predicted octanol–water partition coefficient (Wildman–Crippen LogP) is 1.32. The second kappa shape index (κ2) is 6.59. The Bertz CT molecular complexity index is 1320. The molecule has 0 N–H and O–H groups in total. The van der Waals surface area contributed by atoms with E-state index in [1.165, 1.54) is 23.2 Å². The molecule has 1 aliphatic rings. The summed E-state index contributed by atoms with van der Waals surface area (Å²) in [6, 6.07) is 6.97. The topological polar surface area (TPSA) is 96.0 Å². The maximum absolute atomic E-state index is 12.8. The number of hydrogen-bond donors (Lipinski definition) is 0. The van der Waals surface area contributed by atoms with Crippen LogP contribution in [0.1, 0.15) is 18.4 Å². The Morgan fingerprint density at radius 3 is 2.54 bits per heavy atom. The number of aryl methyl sites for hydroxylation is 1. The van der Waals surface area contributed by atoms with Gasteiger partial charge in [-0.3, -0.25) is 13.9 Å². The standard InChI is InChI=1S/C18H19ClN4O4S/c1-21-14-15(20-17(21)28(26,27)10-11-6-7-11)23(18(25)22(2)16(14)24)9-12-4-3-5-13(19)8-12/h3-5,8,11H,6-7,9-10H2,1-2H3. The number of sulfone groups is 1. The summed E-state index contributed by atoms with van der Waals surface area (Å²) in [5, 5.41) is 0.331. The van der Waals surface area contributed by atoms with Gasteiger partial charge in [0.2, 0.25) is 15.0 Å². The summed E-state index contributed by atoms with van der Waals surface area (Å²) in [7, 11) is -0.805. The van der Waals surface area contributed by atoms with Crippen LogP contribution >= 0.6 is 11.6 Å². The molecule has 2 heterocycles. The average Bonchev–Trinajstić information content (AvgIpc) is 3.36. The lowest BCUT2D eigenvalue weighted by atomic mass is 10.2. The molecule has 0 bridgehead atoms. The van der Waals surface area contributed by atoms with E-state index in [0.717, 1.165) is 23.0 Å². The molecule has 10 heteroatoms. The van der Waals surface area contributed by atoms with Gasteiger partial charge in [0.15, 0.2) is 11.2 Å². The molecule has 0 atom stereocenters. The van der Waals surface area contributed by atoms with E-state index >= 15 is 0 Å². The molecule has 0 aliphatic heterocycles. The molecular formula is C18H19ClN4O4S. The molecule has 0 radical (unpaired) electrons. The van der Waals surface area contributed by atoms with Crippen LogP contribution in [0.15, 0.2) is 39.0 Å². The van der Waals surface area contributed by atoms with E-state index in [1.54, 1.807) is 24.3 Å². The summed E-state index contributed by atoms with van der Waals surface area (Å²) in [5.74, 6) is 0.143.